The van der Waals surface area contributed by atoms with Gasteiger partial charge in [0.1, 0.15) is 11.1 Å². The van der Waals surface area contributed by atoms with Crippen molar-refractivity contribution < 1.29 is 0 Å². The van der Waals surface area contributed by atoms with Crippen molar-refractivity contribution in [3.63, 3.8) is 0 Å². The lowest BCUT2D eigenvalue weighted by Gasteiger charge is -1.97. The van der Waals surface area contributed by atoms with Crippen LogP contribution in [-0.2, 0) is 7.05 Å². The third-order valence-electron chi connectivity index (χ3n) is 2.25. The molecule has 3 nitrogen and oxygen atoms in total. The van der Waals surface area contributed by atoms with E-state index in [2.05, 4.69) is 11.1 Å². The summed E-state index contributed by atoms with van der Waals surface area (Å²) in [6, 6.07) is 6.12. The highest BCUT2D eigenvalue weighted by Crippen LogP contribution is 2.21. The summed E-state index contributed by atoms with van der Waals surface area (Å²) in [5.41, 5.74) is 2.57. The summed E-state index contributed by atoms with van der Waals surface area (Å²) in [4.78, 5) is 4.31. The van der Waals surface area contributed by atoms with E-state index in [0.29, 0.717) is 5.57 Å². The molecule has 0 atom stereocenters. The number of nitriles is 1. The molecule has 0 aliphatic rings. The second-order valence-corrected chi connectivity index (χ2v) is 4.37. The van der Waals surface area contributed by atoms with E-state index in [0.717, 1.165) is 16.4 Å². The lowest BCUT2D eigenvalue weighted by Crippen LogP contribution is -1.89. The molecule has 2 aromatic heterocycles. The molecule has 2 aromatic rings. The van der Waals surface area contributed by atoms with Crippen molar-refractivity contribution in [2.75, 3.05) is 0 Å². The number of thiazole rings is 1. The molecule has 4 heteroatoms. The van der Waals surface area contributed by atoms with E-state index in [1.165, 1.54) is 11.3 Å². The minimum atomic E-state index is 0.611. The first-order chi connectivity index (χ1) is 7.70. The smallest absolute Gasteiger partial charge is 0.134 e. The Bertz CT molecular complexity index is 569. The fraction of sp³-hybridized carbons (Fsp3) is 0.167. The van der Waals surface area contributed by atoms with E-state index in [1.807, 2.05) is 48.3 Å². The lowest BCUT2D eigenvalue weighted by molar-refractivity contribution is 0.915. The largest absolute Gasteiger partial charge is 0.351 e. The van der Waals surface area contributed by atoms with Crippen LogP contribution in [0, 0.1) is 18.3 Å². The van der Waals surface area contributed by atoms with Gasteiger partial charge in [0.05, 0.1) is 5.57 Å². The summed E-state index contributed by atoms with van der Waals surface area (Å²) in [6.45, 7) is 1.93. The number of aryl methyl sites for hydroxylation is 2. The van der Waals surface area contributed by atoms with Crippen LogP contribution >= 0.6 is 11.3 Å². The standard InChI is InChI=1S/C12H11N3S/c1-9-8-16-12(14-9)10(7-13)6-11-4-3-5-15(11)2/h3-6,8H,1-2H3/b10-6+. The monoisotopic (exact) mass is 229 g/mol. The van der Waals surface area contributed by atoms with Gasteiger partial charge in [0.25, 0.3) is 0 Å². The molecule has 0 bridgehead atoms. The number of allylic oxidation sites excluding steroid dienone is 1. The molecule has 80 valence electrons. The van der Waals surface area contributed by atoms with Gasteiger partial charge in [-0.05, 0) is 25.1 Å². The van der Waals surface area contributed by atoms with Crippen LogP contribution in [0.1, 0.15) is 16.4 Å². The lowest BCUT2D eigenvalue weighted by atomic mass is 10.2. The number of hydrogen-bond donors (Lipinski definition) is 0. The van der Waals surface area contributed by atoms with E-state index < -0.39 is 0 Å². The summed E-state index contributed by atoms with van der Waals surface area (Å²) in [5.74, 6) is 0. The van der Waals surface area contributed by atoms with E-state index >= 15 is 0 Å². The van der Waals surface area contributed by atoms with Crippen LogP contribution in [0.25, 0.3) is 11.6 Å². The van der Waals surface area contributed by atoms with Gasteiger partial charge in [0.2, 0.25) is 0 Å². The van der Waals surface area contributed by atoms with Gasteiger partial charge in [0, 0.05) is 30.0 Å². The molecule has 0 saturated carbocycles. The van der Waals surface area contributed by atoms with Gasteiger partial charge in [-0.25, -0.2) is 4.98 Å². The molecular weight excluding hydrogens is 218 g/mol. The first kappa shape index (κ1) is 10.7. The van der Waals surface area contributed by atoms with Crippen LogP contribution in [0.15, 0.2) is 23.7 Å². The quantitative estimate of drug-likeness (QED) is 0.743. The van der Waals surface area contributed by atoms with Gasteiger partial charge >= 0.3 is 0 Å². The Morgan fingerprint density at radius 3 is 2.94 bits per heavy atom. The predicted molar refractivity (Wildman–Crippen MR) is 65.7 cm³/mol. The second-order valence-electron chi connectivity index (χ2n) is 3.51. The molecule has 2 heterocycles. The van der Waals surface area contributed by atoms with Crippen LogP contribution in [-0.4, -0.2) is 9.55 Å². The first-order valence-corrected chi connectivity index (χ1v) is 5.74. The molecule has 0 fully saturated rings. The zero-order chi connectivity index (χ0) is 11.5. The first-order valence-electron chi connectivity index (χ1n) is 4.86. The molecule has 0 unspecified atom stereocenters. The SMILES string of the molecule is Cc1csc(/C(C#N)=C/c2cccn2C)n1. The minimum Gasteiger partial charge on any atom is -0.351 e. The van der Waals surface area contributed by atoms with Crippen LogP contribution < -0.4 is 0 Å². The molecule has 0 N–H and O–H groups in total. The predicted octanol–water partition coefficient (Wildman–Crippen LogP) is 2.85. The molecule has 0 spiro atoms. The normalized spacial score (nSPS) is 11.4. The Morgan fingerprint density at radius 1 is 1.62 bits per heavy atom. The Hall–Kier alpha value is -1.86. The van der Waals surface area contributed by atoms with E-state index in [9.17, 15) is 0 Å². The molecule has 0 radical (unpaired) electrons. The van der Waals surface area contributed by atoms with Crippen molar-refractivity contribution in [3.05, 3.63) is 40.1 Å². The van der Waals surface area contributed by atoms with E-state index in [4.69, 9.17) is 5.26 Å². The molecule has 16 heavy (non-hydrogen) atoms. The zero-order valence-electron chi connectivity index (χ0n) is 9.14. The van der Waals surface area contributed by atoms with Crippen molar-refractivity contribution in [2.24, 2.45) is 7.05 Å². The van der Waals surface area contributed by atoms with Crippen molar-refractivity contribution in [1.29, 1.82) is 5.26 Å². The van der Waals surface area contributed by atoms with Crippen LogP contribution in [0.4, 0.5) is 0 Å². The maximum absolute atomic E-state index is 9.12. The molecular formula is C12H11N3S. The third kappa shape index (κ3) is 2.05. The van der Waals surface area contributed by atoms with Crippen molar-refractivity contribution >= 4 is 23.0 Å². The number of aromatic nitrogens is 2. The maximum atomic E-state index is 9.12. The number of hydrogen-bond acceptors (Lipinski definition) is 3. The molecule has 0 aliphatic heterocycles. The van der Waals surface area contributed by atoms with Gasteiger partial charge in [-0.15, -0.1) is 11.3 Å². The summed E-state index contributed by atoms with van der Waals surface area (Å²) in [6.07, 6.45) is 3.81. The summed E-state index contributed by atoms with van der Waals surface area (Å²) in [7, 11) is 1.95. The highest BCUT2D eigenvalue weighted by Gasteiger charge is 2.06. The van der Waals surface area contributed by atoms with Crippen LogP contribution in [0.3, 0.4) is 0 Å². The molecule has 0 aromatic carbocycles. The van der Waals surface area contributed by atoms with Crippen molar-refractivity contribution in [1.82, 2.24) is 9.55 Å². The van der Waals surface area contributed by atoms with Gasteiger partial charge in [-0.3, -0.25) is 0 Å². The van der Waals surface area contributed by atoms with Crippen molar-refractivity contribution in [2.45, 2.75) is 6.92 Å². The summed E-state index contributed by atoms with van der Waals surface area (Å²) in [5, 5.41) is 11.8. The molecule has 0 aliphatic carbocycles. The van der Waals surface area contributed by atoms with Crippen LogP contribution in [0.5, 0.6) is 0 Å². The third-order valence-corrected chi connectivity index (χ3v) is 3.24. The Kier molecular flexibility index (Phi) is 2.88. The maximum Gasteiger partial charge on any atom is 0.134 e. The average Bonchev–Trinajstić information content (AvgIpc) is 2.85. The van der Waals surface area contributed by atoms with Gasteiger partial charge in [-0.1, -0.05) is 0 Å². The number of nitrogens with zero attached hydrogens (tertiary/aromatic N) is 3. The van der Waals surface area contributed by atoms with Gasteiger partial charge in [0.15, 0.2) is 0 Å². The minimum absolute atomic E-state index is 0.611. The van der Waals surface area contributed by atoms with Gasteiger partial charge in [-0.2, -0.15) is 5.26 Å². The fourth-order valence-electron chi connectivity index (χ4n) is 1.39. The highest BCUT2D eigenvalue weighted by atomic mass is 32.1. The Morgan fingerprint density at radius 2 is 2.44 bits per heavy atom. The Balaban J connectivity index is 2.42. The molecule has 0 amide bonds. The average molecular weight is 229 g/mol. The fourth-order valence-corrected chi connectivity index (χ4v) is 2.15. The summed E-state index contributed by atoms with van der Waals surface area (Å²) >= 11 is 1.50. The Labute approximate surface area is 98.3 Å². The van der Waals surface area contributed by atoms with E-state index in [1.54, 1.807) is 0 Å². The zero-order valence-corrected chi connectivity index (χ0v) is 9.95. The highest BCUT2D eigenvalue weighted by molar-refractivity contribution is 7.11. The second kappa shape index (κ2) is 4.33. The van der Waals surface area contributed by atoms with Gasteiger partial charge < -0.3 is 4.57 Å². The van der Waals surface area contributed by atoms with Crippen molar-refractivity contribution in [3.8, 4) is 6.07 Å². The van der Waals surface area contributed by atoms with E-state index in [-0.39, 0.29) is 0 Å². The summed E-state index contributed by atoms with van der Waals surface area (Å²) < 4.78 is 1.97. The molecule has 2 rings (SSSR count). The van der Waals surface area contributed by atoms with Crippen LogP contribution in [0.2, 0.25) is 0 Å². The topological polar surface area (TPSA) is 41.6 Å². The molecule has 0 saturated heterocycles. The number of rotatable bonds is 2.